The number of hydrogen-bond donors (Lipinski definition) is 1. The molecular weight excluding hydrogens is 218 g/mol. The molecule has 62 valence electrons. The van der Waals surface area contributed by atoms with E-state index in [1.54, 1.807) is 6.07 Å². The van der Waals surface area contributed by atoms with E-state index in [-0.39, 0.29) is 5.56 Å². The lowest BCUT2D eigenvalue weighted by molar-refractivity contribution is 1.13. The first-order chi connectivity index (χ1) is 5.74. The van der Waals surface area contributed by atoms with Crippen LogP contribution in [0, 0.1) is 18.8 Å². The number of aromatic amines is 1. The summed E-state index contributed by atoms with van der Waals surface area (Å²) in [5, 5.41) is 0.644. The highest BCUT2D eigenvalue weighted by atomic mass is 79.9. The number of rotatable bonds is 0. The van der Waals surface area contributed by atoms with E-state index >= 15 is 0 Å². The van der Waals surface area contributed by atoms with Crippen molar-refractivity contribution in [1.82, 2.24) is 4.98 Å². The van der Waals surface area contributed by atoms with Crippen LogP contribution in [0.2, 0.25) is 0 Å². The van der Waals surface area contributed by atoms with Crippen LogP contribution >= 0.6 is 15.9 Å². The Kier molecular flexibility index (Phi) is 3.12. The molecule has 0 atom stereocenters. The van der Waals surface area contributed by atoms with Gasteiger partial charge in [0.05, 0.1) is 5.33 Å². The van der Waals surface area contributed by atoms with Crippen molar-refractivity contribution in [1.29, 1.82) is 0 Å². The molecule has 0 aliphatic rings. The zero-order chi connectivity index (χ0) is 8.97. The maximum absolute atomic E-state index is 10.8. The fourth-order valence-electron chi connectivity index (χ4n) is 0.842. The van der Waals surface area contributed by atoms with Crippen molar-refractivity contribution in [3.05, 3.63) is 33.7 Å². The molecule has 2 nitrogen and oxygen atoms in total. The van der Waals surface area contributed by atoms with Crippen molar-refractivity contribution in [3.8, 4) is 11.8 Å². The standard InChI is InChI=1S/C9H8BrNO/c1-7-8(3-2-6-10)4-5-9(12)11-7/h4-5H,6H2,1H3,(H,11,12). The maximum atomic E-state index is 10.8. The SMILES string of the molecule is Cc1[nH]c(=O)ccc1C#CCBr. The number of nitrogens with one attached hydrogen (secondary N) is 1. The number of halogens is 1. The Bertz CT molecular complexity index is 383. The van der Waals surface area contributed by atoms with Gasteiger partial charge in [-0.05, 0) is 13.0 Å². The van der Waals surface area contributed by atoms with Gasteiger partial charge in [-0.25, -0.2) is 0 Å². The van der Waals surface area contributed by atoms with E-state index in [2.05, 4.69) is 32.8 Å². The molecule has 0 fully saturated rings. The Morgan fingerprint density at radius 3 is 2.92 bits per heavy atom. The second-order valence-electron chi connectivity index (χ2n) is 2.30. The molecule has 0 unspecified atom stereocenters. The van der Waals surface area contributed by atoms with Gasteiger partial charge in [0.2, 0.25) is 5.56 Å². The first kappa shape index (κ1) is 9.08. The third-order valence-corrected chi connectivity index (χ3v) is 1.69. The van der Waals surface area contributed by atoms with E-state index < -0.39 is 0 Å². The average molecular weight is 226 g/mol. The van der Waals surface area contributed by atoms with E-state index in [9.17, 15) is 4.79 Å². The zero-order valence-corrected chi connectivity index (χ0v) is 8.23. The summed E-state index contributed by atoms with van der Waals surface area (Å²) in [5.41, 5.74) is 1.60. The second-order valence-corrected chi connectivity index (χ2v) is 2.86. The van der Waals surface area contributed by atoms with Gasteiger partial charge in [0.1, 0.15) is 0 Å². The molecule has 1 aromatic rings. The van der Waals surface area contributed by atoms with Crippen LogP contribution < -0.4 is 5.56 Å². The van der Waals surface area contributed by atoms with Gasteiger partial charge in [-0.3, -0.25) is 4.79 Å². The molecule has 0 aliphatic heterocycles. The Balaban J connectivity index is 3.10. The van der Waals surface area contributed by atoms with Gasteiger partial charge in [0.15, 0.2) is 0 Å². The second kappa shape index (κ2) is 4.13. The first-order valence-corrected chi connectivity index (χ1v) is 4.61. The summed E-state index contributed by atoms with van der Waals surface area (Å²) >= 11 is 3.20. The normalized spacial score (nSPS) is 8.83. The smallest absolute Gasteiger partial charge is 0.248 e. The summed E-state index contributed by atoms with van der Waals surface area (Å²) in [6.07, 6.45) is 0. The van der Waals surface area contributed by atoms with Crippen LogP contribution in [0.25, 0.3) is 0 Å². The Morgan fingerprint density at radius 1 is 1.58 bits per heavy atom. The van der Waals surface area contributed by atoms with E-state index in [0.29, 0.717) is 5.33 Å². The quantitative estimate of drug-likeness (QED) is 0.526. The van der Waals surface area contributed by atoms with Gasteiger partial charge in [-0.15, -0.1) is 0 Å². The van der Waals surface area contributed by atoms with Crippen LogP contribution in [0.1, 0.15) is 11.3 Å². The summed E-state index contributed by atoms with van der Waals surface area (Å²) in [7, 11) is 0. The summed E-state index contributed by atoms with van der Waals surface area (Å²) in [6.45, 7) is 1.83. The number of aromatic nitrogens is 1. The zero-order valence-electron chi connectivity index (χ0n) is 6.65. The minimum Gasteiger partial charge on any atom is -0.325 e. The molecule has 0 saturated heterocycles. The average Bonchev–Trinajstić information content (AvgIpc) is 2.03. The van der Waals surface area contributed by atoms with Gasteiger partial charge in [-0.1, -0.05) is 27.8 Å². The van der Waals surface area contributed by atoms with Gasteiger partial charge in [-0.2, -0.15) is 0 Å². The minimum absolute atomic E-state index is 0.0862. The predicted molar refractivity (Wildman–Crippen MR) is 52.5 cm³/mol. The maximum Gasteiger partial charge on any atom is 0.248 e. The number of hydrogen-bond acceptors (Lipinski definition) is 1. The summed E-state index contributed by atoms with van der Waals surface area (Å²) in [5.74, 6) is 5.79. The molecule has 0 aliphatic carbocycles. The Labute approximate surface area is 79.1 Å². The molecule has 0 spiro atoms. The lowest BCUT2D eigenvalue weighted by Crippen LogP contribution is -2.05. The van der Waals surface area contributed by atoms with Gasteiger partial charge in [0, 0.05) is 17.3 Å². The third-order valence-electron chi connectivity index (χ3n) is 1.41. The van der Waals surface area contributed by atoms with Crippen molar-refractivity contribution >= 4 is 15.9 Å². The molecule has 0 amide bonds. The van der Waals surface area contributed by atoms with Crippen LogP contribution in [-0.4, -0.2) is 10.3 Å². The molecule has 1 N–H and O–H groups in total. The van der Waals surface area contributed by atoms with Crippen LogP contribution in [0.3, 0.4) is 0 Å². The molecule has 0 radical (unpaired) electrons. The number of alkyl halides is 1. The largest absolute Gasteiger partial charge is 0.325 e. The van der Waals surface area contributed by atoms with Crippen molar-refractivity contribution in [2.75, 3.05) is 5.33 Å². The van der Waals surface area contributed by atoms with Gasteiger partial charge in [0.25, 0.3) is 0 Å². The molecule has 1 rings (SSSR count). The Hall–Kier alpha value is -1.01. The lowest BCUT2D eigenvalue weighted by Gasteiger charge is -1.94. The third kappa shape index (κ3) is 2.24. The topological polar surface area (TPSA) is 32.9 Å². The van der Waals surface area contributed by atoms with Gasteiger partial charge < -0.3 is 4.98 Å². The van der Waals surface area contributed by atoms with Crippen LogP contribution in [-0.2, 0) is 0 Å². The molecule has 0 saturated carbocycles. The molecule has 3 heteroatoms. The Morgan fingerprint density at radius 2 is 2.33 bits per heavy atom. The fraction of sp³-hybridized carbons (Fsp3) is 0.222. The monoisotopic (exact) mass is 225 g/mol. The predicted octanol–water partition coefficient (Wildman–Crippen LogP) is 1.43. The minimum atomic E-state index is -0.0862. The fourth-order valence-corrected chi connectivity index (χ4v) is 0.982. The van der Waals surface area contributed by atoms with Crippen LogP contribution in [0.4, 0.5) is 0 Å². The highest BCUT2D eigenvalue weighted by molar-refractivity contribution is 9.09. The van der Waals surface area contributed by atoms with Crippen LogP contribution in [0.5, 0.6) is 0 Å². The van der Waals surface area contributed by atoms with E-state index in [1.165, 1.54) is 6.07 Å². The molecule has 1 aromatic heterocycles. The van der Waals surface area contributed by atoms with Crippen molar-refractivity contribution in [2.24, 2.45) is 0 Å². The molecular formula is C9H8BrNO. The summed E-state index contributed by atoms with van der Waals surface area (Å²) in [4.78, 5) is 13.5. The number of aryl methyl sites for hydroxylation is 1. The van der Waals surface area contributed by atoms with Gasteiger partial charge >= 0.3 is 0 Å². The molecule has 1 heterocycles. The van der Waals surface area contributed by atoms with E-state index in [1.807, 2.05) is 6.92 Å². The highest BCUT2D eigenvalue weighted by Gasteiger charge is 1.92. The van der Waals surface area contributed by atoms with Crippen molar-refractivity contribution < 1.29 is 0 Å². The number of H-pyrrole nitrogens is 1. The highest BCUT2D eigenvalue weighted by Crippen LogP contribution is 1.97. The van der Waals surface area contributed by atoms with Crippen LogP contribution in [0.15, 0.2) is 16.9 Å². The molecule has 0 bridgehead atoms. The lowest BCUT2D eigenvalue weighted by atomic mass is 10.2. The van der Waals surface area contributed by atoms with Crippen molar-refractivity contribution in [2.45, 2.75) is 6.92 Å². The molecule has 12 heavy (non-hydrogen) atoms. The van der Waals surface area contributed by atoms with E-state index in [4.69, 9.17) is 0 Å². The molecule has 0 aromatic carbocycles. The first-order valence-electron chi connectivity index (χ1n) is 3.49. The van der Waals surface area contributed by atoms with E-state index in [0.717, 1.165) is 11.3 Å². The van der Waals surface area contributed by atoms with Crippen molar-refractivity contribution in [3.63, 3.8) is 0 Å². The summed E-state index contributed by atoms with van der Waals surface area (Å²) < 4.78 is 0. The number of pyridine rings is 1. The summed E-state index contributed by atoms with van der Waals surface area (Å²) in [6, 6.07) is 3.20.